The predicted octanol–water partition coefficient (Wildman–Crippen LogP) is 3.00. The fourth-order valence-corrected chi connectivity index (χ4v) is 2.13. The Morgan fingerprint density at radius 3 is 2.95 bits per heavy atom. The molecule has 3 rings (SSSR count). The van der Waals surface area contributed by atoms with E-state index in [1.807, 2.05) is 18.2 Å². The second kappa shape index (κ2) is 6.43. The van der Waals surface area contributed by atoms with Crippen molar-refractivity contribution in [1.82, 2.24) is 20.2 Å². The minimum absolute atomic E-state index is 0.494. The zero-order chi connectivity index (χ0) is 15.4. The molecule has 0 aliphatic rings. The summed E-state index contributed by atoms with van der Waals surface area (Å²) in [6.45, 7) is 5.61. The van der Waals surface area contributed by atoms with Crippen molar-refractivity contribution in [3.63, 3.8) is 0 Å². The third-order valence-corrected chi connectivity index (χ3v) is 3.24. The molecule has 114 valence electrons. The Morgan fingerprint density at radius 2 is 2.09 bits per heavy atom. The molecule has 0 aliphatic heterocycles. The van der Waals surface area contributed by atoms with Crippen LogP contribution in [-0.4, -0.2) is 26.8 Å². The average Bonchev–Trinajstić information content (AvgIpc) is 3.00. The van der Waals surface area contributed by atoms with E-state index in [4.69, 9.17) is 4.74 Å². The summed E-state index contributed by atoms with van der Waals surface area (Å²) in [5.41, 5.74) is 1.82. The number of benzene rings is 1. The van der Waals surface area contributed by atoms with E-state index in [-0.39, 0.29) is 0 Å². The molecule has 1 aromatic carbocycles. The molecule has 0 amide bonds. The number of rotatable bonds is 6. The number of H-pyrrole nitrogens is 1. The van der Waals surface area contributed by atoms with Crippen molar-refractivity contribution >= 4 is 16.9 Å². The third kappa shape index (κ3) is 3.16. The molecule has 2 heterocycles. The Kier molecular flexibility index (Phi) is 4.18. The number of para-hydroxylation sites is 1. The van der Waals surface area contributed by atoms with Gasteiger partial charge in [-0.3, -0.25) is 5.10 Å². The molecular weight excluding hydrogens is 278 g/mol. The van der Waals surface area contributed by atoms with E-state index < -0.39 is 0 Å². The fourth-order valence-electron chi connectivity index (χ4n) is 2.13. The van der Waals surface area contributed by atoms with Crippen molar-refractivity contribution in [2.24, 2.45) is 5.92 Å². The van der Waals surface area contributed by atoms with Gasteiger partial charge in [-0.15, -0.1) is 0 Å². The zero-order valence-electron chi connectivity index (χ0n) is 12.7. The minimum atomic E-state index is 0.494. The summed E-state index contributed by atoms with van der Waals surface area (Å²) in [6.07, 6.45) is 3.24. The Labute approximate surface area is 128 Å². The van der Waals surface area contributed by atoms with E-state index in [9.17, 15) is 0 Å². The van der Waals surface area contributed by atoms with Gasteiger partial charge in [-0.2, -0.15) is 5.10 Å². The Balaban J connectivity index is 1.75. The maximum absolute atomic E-state index is 5.87. The number of anilines is 1. The molecule has 0 saturated carbocycles. The summed E-state index contributed by atoms with van der Waals surface area (Å²) < 4.78 is 5.87. The summed E-state index contributed by atoms with van der Waals surface area (Å²) in [7, 11) is 0. The SMILES string of the molecule is CC(C)COc1ccccc1CNc1ncnc2[nH]ncc12. The molecule has 6 heteroatoms. The number of hydrogen-bond donors (Lipinski definition) is 2. The van der Waals surface area contributed by atoms with Gasteiger partial charge in [0.15, 0.2) is 5.65 Å². The van der Waals surface area contributed by atoms with Crippen LogP contribution in [0.25, 0.3) is 11.0 Å². The van der Waals surface area contributed by atoms with Gasteiger partial charge in [-0.1, -0.05) is 32.0 Å². The minimum Gasteiger partial charge on any atom is -0.493 e. The van der Waals surface area contributed by atoms with Crippen molar-refractivity contribution in [3.8, 4) is 5.75 Å². The van der Waals surface area contributed by atoms with Gasteiger partial charge in [-0.25, -0.2) is 9.97 Å². The number of aromatic amines is 1. The first-order valence-corrected chi connectivity index (χ1v) is 7.32. The molecule has 3 aromatic rings. The van der Waals surface area contributed by atoms with E-state index in [2.05, 4.69) is 45.4 Å². The molecule has 0 bridgehead atoms. The second-order valence-electron chi connectivity index (χ2n) is 5.52. The highest BCUT2D eigenvalue weighted by molar-refractivity contribution is 5.85. The summed E-state index contributed by atoms with van der Waals surface area (Å²) in [5, 5.41) is 11.0. The van der Waals surface area contributed by atoms with Gasteiger partial charge in [0.25, 0.3) is 0 Å². The summed E-state index contributed by atoms with van der Waals surface area (Å²) in [6, 6.07) is 8.04. The van der Waals surface area contributed by atoms with Gasteiger partial charge in [0, 0.05) is 12.1 Å². The topological polar surface area (TPSA) is 75.7 Å². The normalized spacial score (nSPS) is 11.0. The summed E-state index contributed by atoms with van der Waals surface area (Å²) >= 11 is 0. The molecule has 0 fully saturated rings. The second-order valence-corrected chi connectivity index (χ2v) is 5.52. The standard InChI is InChI=1S/C16H19N5O/c1-11(2)9-22-14-6-4-3-5-12(14)7-17-15-13-8-20-21-16(13)19-10-18-15/h3-6,8,10-11H,7,9H2,1-2H3,(H2,17,18,19,20,21). The van der Waals surface area contributed by atoms with Gasteiger partial charge in [0.2, 0.25) is 0 Å². The largest absolute Gasteiger partial charge is 0.493 e. The Hall–Kier alpha value is -2.63. The molecule has 0 saturated heterocycles. The van der Waals surface area contributed by atoms with E-state index in [0.29, 0.717) is 19.1 Å². The maximum atomic E-state index is 5.87. The van der Waals surface area contributed by atoms with E-state index in [1.54, 1.807) is 6.20 Å². The van der Waals surface area contributed by atoms with Crippen molar-refractivity contribution in [1.29, 1.82) is 0 Å². The zero-order valence-corrected chi connectivity index (χ0v) is 12.7. The lowest BCUT2D eigenvalue weighted by Gasteiger charge is -2.14. The predicted molar refractivity (Wildman–Crippen MR) is 85.8 cm³/mol. The van der Waals surface area contributed by atoms with E-state index in [1.165, 1.54) is 6.33 Å². The molecule has 0 aliphatic carbocycles. The highest BCUT2D eigenvalue weighted by Gasteiger charge is 2.07. The molecule has 0 unspecified atom stereocenters. The van der Waals surface area contributed by atoms with E-state index in [0.717, 1.165) is 28.2 Å². The van der Waals surface area contributed by atoms with Gasteiger partial charge in [-0.05, 0) is 12.0 Å². The monoisotopic (exact) mass is 297 g/mol. The van der Waals surface area contributed by atoms with Gasteiger partial charge in [0.05, 0.1) is 18.2 Å². The van der Waals surface area contributed by atoms with Gasteiger partial charge >= 0.3 is 0 Å². The molecule has 2 aromatic heterocycles. The molecule has 2 N–H and O–H groups in total. The lowest BCUT2D eigenvalue weighted by Crippen LogP contribution is -2.08. The third-order valence-electron chi connectivity index (χ3n) is 3.24. The smallest absolute Gasteiger partial charge is 0.160 e. The molecule has 6 nitrogen and oxygen atoms in total. The highest BCUT2D eigenvalue weighted by atomic mass is 16.5. The lowest BCUT2D eigenvalue weighted by molar-refractivity contribution is 0.269. The van der Waals surface area contributed by atoms with Crippen LogP contribution in [0.4, 0.5) is 5.82 Å². The quantitative estimate of drug-likeness (QED) is 0.731. The van der Waals surface area contributed by atoms with Crippen molar-refractivity contribution in [2.45, 2.75) is 20.4 Å². The maximum Gasteiger partial charge on any atom is 0.160 e. The molecule has 0 radical (unpaired) electrons. The molecule has 0 atom stereocenters. The fraction of sp³-hybridized carbons (Fsp3) is 0.312. The van der Waals surface area contributed by atoms with Gasteiger partial charge in [0.1, 0.15) is 17.9 Å². The van der Waals surface area contributed by atoms with Crippen LogP contribution in [0.1, 0.15) is 19.4 Å². The van der Waals surface area contributed by atoms with Crippen LogP contribution in [0.15, 0.2) is 36.8 Å². The van der Waals surface area contributed by atoms with Crippen molar-refractivity contribution in [3.05, 3.63) is 42.4 Å². The van der Waals surface area contributed by atoms with Crippen LogP contribution in [-0.2, 0) is 6.54 Å². The van der Waals surface area contributed by atoms with Gasteiger partial charge < -0.3 is 10.1 Å². The number of nitrogens with zero attached hydrogens (tertiary/aromatic N) is 3. The van der Waals surface area contributed by atoms with Crippen LogP contribution in [0.5, 0.6) is 5.75 Å². The lowest BCUT2D eigenvalue weighted by atomic mass is 10.2. The van der Waals surface area contributed by atoms with Crippen LogP contribution in [0, 0.1) is 5.92 Å². The first kappa shape index (κ1) is 14.3. The van der Waals surface area contributed by atoms with Crippen LogP contribution in [0.2, 0.25) is 0 Å². The first-order chi connectivity index (χ1) is 10.7. The number of hydrogen-bond acceptors (Lipinski definition) is 5. The van der Waals surface area contributed by atoms with Crippen molar-refractivity contribution in [2.75, 3.05) is 11.9 Å². The molecule has 0 spiro atoms. The Morgan fingerprint density at radius 1 is 1.23 bits per heavy atom. The van der Waals surface area contributed by atoms with Crippen molar-refractivity contribution < 1.29 is 4.74 Å². The summed E-state index contributed by atoms with van der Waals surface area (Å²) in [4.78, 5) is 8.40. The summed E-state index contributed by atoms with van der Waals surface area (Å²) in [5.74, 6) is 2.16. The van der Waals surface area contributed by atoms with E-state index >= 15 is 0 Å². The van der Waals surface area contributed by atoms with Crippen LogP contribution >= 0.6 is 0 Å². The number of ether oxygens (including phenoxy) is 1. The highest BCUT2D eigenvalue weighted by Crippen LogP contribution is 2.22. The average molecular weight is 297 g/mol. The Bertz CT molecular complexity index is 753. The first-order valence-electron chi connectivity index (χ1n) is 7.32. The molecular formula is C16H19N5O. The number of fused-ring (bicyclic) bond motifs is 1. The molecule has 22 heavy (non-hydrogen) atoms. The number of nitrogens with one attached hydrogen (secondary N) is 2. The number of aromatic nitrogens is 4. The van der Waals surface area contributed by atoms with Crippen LogP contribution in [0.3, 0.4) is 0 Å². The van der Waals surface area contributed by atoms with Crippen LogP contribution < -0.4 is 10.1 Å².